The van der Waals surface area contributed by atoms with Gasteiger partial charge in [-0.05, 0) is 35.9 Å². The van der Waals surface area contributed by atoms with Crippen molar-refractivity contribution in [2.45, 2.75) is 6.61 Å². The summed E-state index contributed by atoms with van der Waals surface area (Å²) in [6.07, 6.45) is 3.91. The molecule has 0 saturated carbocycles. The fourth-order valence-electron chi connectivity index (χ4n) is 1.95. The molecule has 3 rings (SSSR count). The number of benzene rings is 2. The van der Waals surface area contributed by atoms with Gasteiger partial charge in [-0.15, -0.1) is 11.3 Å². The van der Waals surface area contributed by atoms with Gasteiger partial charge in [-0.1, -0.05) is 30.3 Å². The Balaban J connectivity index is 1.77. The van der Waals surface area contributed by atoms with E-state index in [0.717, 1.165) is 32.8 Å². The molecule has 0 aliphatic carbocycles. The van der Waals surface area contributed by atoms with Crippen LogP contribution in [0.3, 0.4) is 0 Å². The standard InChI is InChI=1S/C17H13NO2S/c19-10-4-7-17-18-15-9-8-14(11-16(15)21-17)20-12-13-5-2-1-3-6-13/h1-11H,12H2. The Morgan fingerprint density at radius 1 is 1.14 bits per heavy atom. The van der Waals surface area contributed by atoms with Crippen LogP contribution in [0.5, 0.6) is 5.75 Å². The molecule has 2 aromatic carbocycles. The maximum absolute atomic E-state index is 10.3. The molecule has 0 radical (unpaired) electrons. The van der Waals surface area contributed by atoms with Crippen LogP contribution in [0, 0.1) is 0 Å². The van der Waals surface area contributed by atoms with Gasteiger partial charge in [0.2, 0.25) is 0 Å². The first-order valence-corrected chi connectivity index (χ1v) is 7.36. The van der Waals surface area contributed by atoms with Crippen LogP contribution in [-0.2, 0) is 11.4 Å². The summed E-state index contributed by atoms with van der Waals surface area (Å²) >= 11 is 1.54. The molecule has 21 heavy (non-hydrogen) atoms. The Hall–Kier alpha value is -2.46. The third-order valence-electron chi connectivity index (χ3n) is 2.94. The molecule has 0 aliphatic heterocycles. The number of hydrogen-bond acceptors (Lipinski definition) is 4. The molecule has 1 heterocycles. The number of aldehydes is 1. The Kier molecular flexibility index (Phi) is 4.07. The first-order valence-electron chi connectivity index (χ1n) is 6.54. The summed E-state index contributed by atoms with van der Waals surface area (Å²) in [5.74, 6) is 0.820. The molecule has 3 nitrogen and oxygen atoms in total. The molecule has 0 aliphatic rings. The number of ether oxygens (including phenoxy) is 1. The maximum Gasteiger partial charge on any atom is 0.142 e. The number of rotatable bonds is 5. The van der Waals surface area contributed by atoms with E-state index in [1.54, 1.807) is 6.08 Å². The summed E-state index contributed by atoms with van der Waals surface area (Å²) < 4.78 is 6.84. The lowest BCUT2D eigenvalue weighted by Gasteiger charge is -2.05. The summed E-state index contributed by atoms with van der Waals surface area (Å²) in [5.41, 5.74) is 2.05. The highest BCUT2D eigenvalue weighted by atomic mass is 32.1. The summed E-state index contributed by atoms with van der Waals surface area (Å²) in [6.45, 7) is 0.545. The van der Waals surface area contributed by atoms with E-state index in [1.165, 1.54) is 17.4 Å². The van der Waals surface area contributed by atoms with Crippen LogP contribution in [-0.4, -0.2) is 11.3 Å². The lowest BCUT2D eigenvalue weighted by Crippen LogP contribution is -1.94. The first-order chi connectivity index (χ1) is 10.3. The molecule has 4 heteroatoms. The number of carbonyl (C=O) groups excluding carboxylic acids is 1. The van der Waals surface area contributed by atoms with Crippen molar-refractivity contribution in [3.63, 3.8) is 0 Å². The van der Waals surface area contributed by atoms with Gasteiger partial charge in [0.15, 0.2) is 0 Å². The second-order valence-electron chi connectivity index (χ2n) is 4.45. The average Bonchev–Trinajstić information content (AvgIpc) is 2.94. The molecule has 0 unspecified atom stereocenters. The Morgan fingerprint density at radius 3 is 2.81 bits per heavy atom. The Labute approximate surface area is 126 Å². The highest BCUT2D eigenvalue weighted by Gasteiger charge is 2.03. The van der Waals surface area contributed by atoms with Crippen LogP contribution in [0.4, 0.5) is 0 Å². The van der Waals surface area contributed by atoms with Gasteiger partial charge >= 0.3 is 0 Å². The van der Waals surface area contributed by atoms with Crippen molar-refractivity contribution in [1.29, 1.82) is 0 Å². The molecule has 104 valence electrons. The van der Waals surface area contributed by atoms with Gasteiger partial charge in [0.25, 0.3) is 0 Å². The monoisotopic (exact) mass is 295 g/mol. The van der Waals surface area contributed by atoms with Crippen LogP contribution >= 0.6 is 11.3 Å². The summed E-state index contributed by atoms with van der Waals surface area (Å²) in [7, 11) is 0. The third kappa shape index (κ3) is 3.35. The van der Waals surface area contributed by atoms with E-state index >= 15 is 0 Å². The van der Waals surface area contributed by atoms with Gasteiger partial charge in [0.05, 0.1) is 10.2 Å². The zero-order chi connectivity index (χ0) is 14.5. The van der Waals surface area contributed by atoms with Crippen LogP contribution < -0.4 is 4.74 Å². The number of aromatic nitrogens is 1. The van der Waals surface area contributed by atoms with Gasteiger partial charge in [-0.2, -0.15) is 0 Å². The number of hydrogen-bond donors (Lipinski definition) is 0. The number of carbonyl (C=O) groups is 1. The fraction of sp³-hybridized carbons (Fsp3) is 0.0588. The minimum Gasteiger partial charge on any atom is -0.489 e. The Bertz CT molecular complexity index is 778. The van der Waals surface area contributed by atoms with E-state index in [4.69, 9.17) is 4.74 Å². The van der Waals surface area contributed by atoms with E-state index in [0.29, 0.717) is 6.61 Å². The van der Waals surface area contributed by atoms with Gasteiger partial charge in [-0.3, -0.25) is 4.79 Å². The molecule has 0 atom stereocenters. The minimum atomic E-state index is 0.545. The fourth-order valence-corrected chi connectivity index (χ4v) is 2.86. The van der Waals surface area contributed by atoms with Crippen LogP contribution in [0.15, 0.2) is 54.6 Å². The van der Waals surface area contributed by atoms with E-state index in [9.17, 15) is 4.79 Å². The molecule has 0 N–H and O–H groups in total. The molecular formula is C17H13NO2S. The highest BCUT2D eigenvalue weighted by molar-refractivity contribution is 7.19. The summed E-state index contributed by atoms with van der Waals surface area (Å²) in [6, 6.07) is 15.9. The lowest BCUT2D eigenvalue weighted by atomic mass is 10.2. The zero-order valence-corrected chi connectivity index (χ0v) is 12.0. The van der Waals surface area contributed by atoms with Crippen molar-refractivity contribution in [3.05, 3.63) is 65.2 Å². The minimum absolute atomic E-state index is 0.545. The molecule has 0 saturated heterocycles. The van der Waals surface area contributed by atoms with Crippen molar-refractivity contribution in [3.8, 4) is 5.75 Å². The Morgan fingerprint density at radius 2 is 2.00 bits per heavy atom. The quantitative estimate of drug-likeness (QED) is 0.526. The SMILES string of the molecule is O=CC=Cc1nc2ccc(OCc3ccccc3)cc2s1. The van der Waals surface area contributed by atoms with Crippen molar-refractivity contribution >= 4 is 33.9 Å². The molecule has 0 fully saturated rings. The predicted octanol–water partition coefficient (Wildman–Crippen LogP) is 4.09. The highest BCUT2D eigenvalue weighted by Crippen LogP contribution is 2.27. The smallest absolute Gasteiger partial charge is 0.142 e. The van der Waals surface area contributed by atoms with E-state index in [-0.39, 0.29) is 0 Å². The largest absolute Gasteiger partial charge is 0.489 e. The first kappa shape index (κ1) is 13.5. The molecule has 0 bridgehead atoms. The van der Waals surface area contributed by atoms with Crippen LogP contribution in [0.25, 0.3) is 16.3 Å². The van der Waals surface area contributed by atoms with Gasteiger partial charge in [-0.25, -0.2) is 4.98 Å². The van der Waals surface area contributed by atoms with Crippen molar-refractivity contribution < 1.29 is 9.53 Å². The maximum atomic E-state index is 10.3. The average molecular weight is 295 g/mol. The van der Waals surface area contributed by atoms with Crippen molar-refractivity contribution in [1.82, 2.24) is 4.98 Å². The van der Waals surface area contributed by atoms with Crippen molar-refractivity contribution in [2.24, 2.45) is 0 Å². The normalized spacial score (nSPS) is 11.0. The summed E-state index contributed by atoms with van der Waals surface area (Å²) in [5, 5.41) is 0.817. The number of thiazole rings is 1. The van der Waals surface area contributed by atoms with Gasteiger partial charge in [0.1, 0.15) is 23.7 Å². The molecule has 3 aromatic rings. The molecule has 0 amide bonds. The van der Waals surface area contributed by atoms with Crippen LogP contribution in [0.1, 0.15) is 10.6 Å². The van der Waals surface area contributed by atoms with Crippen LogP contribution in [0.2, 0.25) is 0 Å². The molecule has 1 aromatic heterocycles. The second-order valence-corrected chi connectivity index (χ2v) is 5.51. The molecule has 0 spiro atoms. The van der Waals surface area contributed by atoms with E-state index < -0.39 is 0 Å². The summed E-state index contributed by atoms with van der Waals surface area (Å²) in [4.78, 5) is 14.8. The van der Waals surface area contributed by atoms with Gasteiger partial charge < -0.3 is 4.74 Å². The van der Waals surface area contributed by atoms with Gasteiger partial charge in [0, 0.05) is 0 Å². The third-order valence-corrected chi connectivity index (χ3v) is 3.93. The number of allylic oxidation sites excluding steroid dienone is 1. The zero-order valence-electron chi connectivity index (χ0n) is 11.2. The molecular weight excluding hydrogens is 282 g/mol. The second kappa shape index (κ2) is 6.33. The lowest BCUT2D eigenvalue weighted by molar-refractivity contribution is -0.104. The predicted molar refractivity (Wildman–Crippen MR) is 85.5 cm³/mol. The van der Waals surface area contributed by atoms with E-state index in [2.05, 4.69) is 4.98 Å². The topological polar surface area (TPSA) is 39.2 Å². The number of nitrogens with zero attached hydrogens (tertiary/aromatic N) is 1. The van der Waals surface area contributed by atoms with Crippen molar-refractivity contribution in [2.75, 3.05) is 0 Å². The van der Waals surface area contributed by atoms with E-state index in [1.807, 2.05) is 48.5 Å². The number of fused-ring (bicyclic) bond motifs is 1.